The van der Waals surface area contributed by atoms with Crippen molar-refractivity contribution in [2.45, 2.75) is 19.6 Å². The molecule has 0 saturated carbocycles. The third-order valence-electron chi connectivity index (χ3n) is 6.07. The molecule has 1 aliphatic rings. The predicted octanol–water partition coefficient (Wildman–Crippen LogP) is 4.20. The number of nitrogens with zero attached hydrogens (tertiary/aromatic N) is 2. The first-order chi connectivity index (χ1) is 18.4. The third-order valence-corrected chi connectivity index (χ3v) is 7.97. The minimum atomic E-state index is -0.621. The van der Waals surface area contributed by atoms with Crippen molar-refractivity contribution < 1.29 is 23.4 Å². The second-order valence-corrected chi connectivity index (χ2v) is 10.4. The number of rotatable bonds is 7. The molecule has 5 rings (SSSR count). The monoisotopic (exact) mass is 550 g/mol. The molecule has 0 aliphatic carbocycles. The summed E-state index contributed by atoms with van der Waals surface area (Å²) in [6, 6.07) is 14.8. The maximum absolute atomic E-state index is 14.0. The lowest BCUT2D eigenvalue weighted by Crippen LogP contribution is -2.39. The Morgan fingerprint density at radius 2 is 1.95 bits per heavy atom. The fourth-order valence-corrected chi connectivity index (χ4v) is 6.09. The number of carbonyl (C=O) groups is 1. The third kappa shape index (κ3) is 4.80. The number of allylic oxidation sites excluding steroid dienone is 1. The van der Waals surface area contributed by atoms with Crippen molar-refractivity contribution in [3.05, 3.63) is 113 Å². The lowest BCUT2D eigenvalue weighted by molar-refractivity contribution is -0.136. The number of aromatic nitrogens is 1. The average Bonchev–Trinajstić information content (AvgIpc) is 3.56. The molecular formula is C28H23FN2O5S2. The summed E-state index contributed by atoms with van der Waals surface area (Å²) in [4.78, 5) is 32.2. The minimum absolute atomic E-state index is 0.0472. The summed E-state index contributed by atoms with van der Waals surface area (Å²) in [5.41, 5.74) is 1.73. The zero-order valence-corrected chi connectivity index (χ0v) is 22.4. The number of benzene rings is 2. The van der Waals surface area contributed by atoms with E-state index < -0.39 is 12.0 Å². The van der Waals surface area contributed by atoms with Crippen LogP contribution in [-0.2, 0) is 16.1 Å². The molecule has 0 N–H and O–H groups in total. The Balaban J connectivity index is 1.53. The van der Waals surface area contributed by atoms with Crippen LogP contribution >= 0.6 is 22.7 Å². The Hall–Kier alpha value is -4.02. The topological polar surface area (TPSA) is 79.1 Å². The molecule has 1 unspecified atom stereocenters. The molecule has 7 nitrogen and oxygen atoms in total. The molecule has 0 bridgehead atoms. The molecule has 1 aliphatic heterocycles. The van der Waals surface area contributed by atoms with Gasteiger partial charge in [-0.25, -0.2) is 14.2 Å². The Labute approximate surface area is 225 Å². The van der Waals surface area contributed by atoms with Crippen LogP contribution in [0.4, 0.5) is 4.39 Å². The van der Waals surface area contributed by atoms with E-state index in [-0.39, 0.29) is 18.0 Å². The van der Waals surface area contributed by atoms with E-state index in [0.29, 0.717) is 43.2 Å². The fourth-order valence-electron chi connectivity index (χ4n) is 4.22. The number of ether oxygens (including phenoxy) is 3. The largest absolute Gasteiger partial charge is 0.493 e. The number of thiazole rings is 1. The van der Waals surface area contributed by atoms with Gasteiger partial charge >= 0.3 is 5.97 Å². The number of esters is 1. The van der Waals surface area contributed by atoms with Gasteiger partial charge in [0.25, 0.3) is 5.56 Å². The average molecular weight is 551 g/mol. The number of methoxy groups -OCH3 is 2. The van der Waals surface area contributed by atoms with Crippen LogP contribution in [0.1, 0.15) is 29.0 Å². The van der Waals surface area contributed by atoms with Gasteiger partial charge in [0.2, 0.25) is 0 Å². The van der Waals surface area contributed by atoms with Gasteiger partial charge in [0.05, 0.1) is 30.0 Å². The second kappa shape index (κ2) is 10.8. The summed E-state index contributed by atoms with van der Waals surface area (Å²) < 4.78 is 32.3. The molecule has 0 saturated heterocycles. The molecule has 2 aromatic heterocycles. The van der Waals surface area contributed by atoms with Gasteiger partial charge in [-0.15, -0.1) is 11.3 Å². The van der Waals surface area contributed by atoms with Gasteiger partial charge < -0.3 is 14.2 Å². The first-order valence-electron chi connectivity index (χ1n) is 11.6. The number of carbonyl (C=O) groups excluding carboxylic acids is 1. The highest BCUT2D eigenvalue weighted by atomic mass is 32.1. The van der Waals surface area contributed by atoms with E-state index in [1.165, 1.54) is 43.0 Å². The van der Waals surface area contributed by atoms with Gasteiger partial charge in [0, 0.05) is 10.4 Å². The van der Waals surface area contributed by atoms with Crippen LogP contribution in [0, 0.1) is 5.82 Å². The molecule has 3 heterocycles. The van der Waals surface area contributed by atoms with Crippen molar-refractivity contribution in [1.82, 2.24) is 4.57 Å². The summed E-state index contributed by atoms with van der Waals surface area (Å²) in [6.07, 6.45) is 1.75. The van der Waals surface area contributed by atoms with E-state index in [1.54, 1.807) is 54.0 Å². The lowest BCUT2D eigenvalue weighted by Gasteiger charge is -2.22. The molecule has 2 aromatic carbocycles. The highest BCUT2D eigenvalue weighted by Crippen LogP contribution is 2.33. The van der Waals surface area contributed by atoms with Crippen molar-refractivity contribution in [2.24, 2.45) is 4.99 Å². The molecule has 38 heavy (non-hydrogen) atoms. The smallest absolute Gasteiger partial charge is 0.338 e. The van der Waals surface area contributed by atoms with Gasteiger partial charge in [-0.1, -0.05) is 41.7 Å². The fraction of sp³-hybridized carbons (Fsp3) is 0.179. The summed E-state index contributed by atoms with van der Waals surface area (Å²) in [6.45, 7) is 1.79. The molecule has 4 aromatic rings. The highest BCUT2D eigenvalue weighted by Gasteiger charge is 2.33. The van der Waals surface area contributed by atoms with Crippen molar-refractivity contribution in [1.29, 1.82) is 0 Å². The van der Waals surface area contributed by atoms with E-state index in [4.69, 9.17) is 14.2 Å². The van der Waals surface area contributed by atoms with Crippen LogP contribution in [0.15, 0.2) is 81.0 Å². The van der Waals surface area contributed by atoms with Gasteiger partial charge in [0.15, 0.2) is 16.3 Å². The van der Waals surface area contributed by atoms with Crippen LogP contribution in [0.5, 0.6) is 11.5 Å². The SMILES string of the molecule is COC(=O)C1=C(C)N=c2sc(=Cc3ccc(OCc4ccccc4F)c(OC)c3)c(=O)n2C1c1cccs1. The van der Waals surface area contributed by atoms with Crippen molar-refractivity contribution in [3.8, 4) is 11.5 Å². The minimum Gasteiger partial charge on any atom is -0.493 e. The molecule has 194 valence electrons. The van der Waals surface area contributed by atoms with Crippen LogP contribution in [0.25, 0.3) is 6.08 Å². The van der Waals surface area contributed by atoms with E-state index in [1.807, 2.05) is 17.5 Å². The molecule has 1 atom stereocenters. The van der Waals surface area contributed by atoms with E-state index in [9.17, 15) is 14.0 Å². The number of thiophene rings is 1. The molecule has 0 amide bonds. The van der Waals surface area contributed by atoms with Gasteiger partial charge in [0.1, 0.15) is 18.5 Å². The normalized spacial score (nSPS) is 15.2. The lowest BCUT2D eigenvalue weighted by atomic mass is 10.0. The summed E-state index contributed by atoms with van der Waals surface area (Å²) in [7, 11) is 2.83. The Kier molecular flexibility index (Phi) is 7.26. The molecule has 10 heteroatoms. The first kappa shape index (κ1) is 25.6. The number of hydrogen-bond acceptors (Lipinski definition) is 8. The van der Waals surface area contributed by atoms with E-state index in [0.717, 1.165) is 4.88 Å². The molecule has 0 fully saturated rings. The van der Waals surface area contributed by atoms with Crippen LogP contribution in [-0.4, -0.2) is 24.8 Å². The van der Waals surface area contributed by atoms with E-state index >= 15 is 0 Å². The molecular weight excluding hydrogens is 527 g/mol. The van der Waals surface area contributed by atoms with Crippen LogP contribution in [0.2, 0.25) is 0 Å². The predicted molar refractivity (Wildman–Crippen MR) is 144 cm³/mol. The standard InChI is InChI=1S/C28H23FN2O5S2/c1-16-24(27(33)35-3)25(22-9-6-12-37-22)31-26(32)23(38-28(31)30-16)14-17-10-11-20(21(13-17)34-2)36-15-18-7-4-5-8-19(18)29/h4-14,25H,15H2,1-3H3. The van der Waals surface area contributed by atoms with Gasteiger partial charge in [-0.3, -0.25) is 9.36 Å². The Bertz CT molecular complexity index is 1720. The summed E-state index contributed by atoms with van der Waals surface area (Å²) in [5, 5.41) is 1.90. The zero-order valence-electron chi connectivity index (χ0n) is 20.8. The quantitative estimate of drug-likeness (QED) is 0.323. The Morgan fingerprint density at radius 3 is 2.66 bits per heavy atom. The maximum atomic E-state index is 14.0. The maximum Gasteiger partial charge on any atom is 0.338 e. The van der Waals surface area contributed by atoms with Crippen molar-refractivity contribution in [2.75, 3.05) is 14.2 Å². The first-order valence-corrected chi connectivity index (χ1v) is 13.3. The van der Waals surface area contributed by atoms with E-state index in [2.05, 4.69) is 4.99 Å². The van der Waals surface area contributed by atoms with Gasteiger partial charge in [-0.05, 0) is 48.2 Å². The van der Waals surface area contributed by atoms with Crippen LogP contribution < -0.4 is 24.4 Å². The summed E-state index contributed by atoms with van der Waals surface area (Å²) in [5.74, 6) is 0.0353. The second-order valence-electron chi connectivity index (χ2n) is 8.38. The Morgan fingerprint density at radius 1 is 1.13 bits per heavy atom. The molecule has 0 spiro atoms. The molecule has 0 radical (unpaired) electrons. The number of halogens is 1. The number of hydrogen-bond donors (Lipinski definition) is 0. The number of fused-ring (bicyclic) bond motifs is 1. The van der Waals surface area contributed by atoms with Gasteiger partial charge in [-0.2, -0.15) is 0 Å². The highest BCUT2D eigenvalue weighted by molar-refractivity contribution is 7.10. The summed E-state index contributed by atoms with van der Waals surface area (Å²) >= 11 is 2.70. The van der Waals surface area contributed by atoms with Crippen molar-refractivity contribution in [3.63, 3.8) is 0 Å². The zero-order chi connectivity index (χ0) is 26.8. The van der Waals surface area contributed by atoms with Crippen molar-refractivity contribution >= 4 is 34.7 Å². The van der Waals surface area contributed by atoms with Crippen LogP contribution in [0.3, 0.4) is 0 Å².